The van der Waals surface area contributed by atoms with Crippen molar-refractivity contribution in [2.24, 2.45) is 11.8 Å². The van der Waals surface area contributed by atoms with Crippen molar-refractivity contribution < 1.29 is 5.11 Å². The first kappa shape index (κ1) is 10.8. The van der Waals surface area contributed by atoms with Gasteiger partial charge in [0.25, 0.3) is 0 Å². The van der Waals surface area contributed by atoms with E-state index in [0.717, 1.165) is 18.5 Å². The van der Waals surface area contributed by atoms with Crippen LogP contribution in [0.25, 0.3) is 0 Å². The van der Waals surface area contributed by atoms with Gasteiger partial charge in [0.2, 0.25) is 0 Å². The van der Waals surface area contributed by atoms with Crippen molar-refractivity contribution in [3.8, 4) is 0 Å². The normalized spacial score (nSPS) is 26.4. The molecule has 2 nitrogen and oxygen atoms in total. The van der Waals surface area contributed by atoms with Crippen LogP contribution < -0.4 is 5.32 Å². The fraction of sp³-hybridized carbons (Fsp3) is 1.00. The fourth-order valence-electron chi connectivity index (χ4n) is 2.17. The van der Waals surface area contributed by atoms with Crippen molar-refractivity contribution in [2.45, 2.75) is 31.7 Å². The fourth-order valence-corrected chi connectivity index (χ4v) is 3.32. The zero-order valence-corrected chi connectivity index (χ0v) is 9.56. The van der Waals surface area contributed by atoms with Gasteiger partial charge in [-0.1, -0.05) is 0 Å². The maximum Gasteiger partial charge on any atom is 0.0474 e. The van der Waals surface area contributed by atoms with Crippen molar-refractivity contribution in [1.82, 2.24) is 5.32 Å². The number of hydrogen-bond donors (Lipinski definition) is 2. The Labute approximate surface area is 90.8 Å². The van der Waals surface area contributed by atoms with Crippen LogP contribution in [0.4, 0.5) is 0 Å². The standard InChI is InChI=1S/C11H21NOS/c13-8-10(7-12-11-1-2-11)9-3-5-14-6-4-9/h9-13H,1-8H2. The second kappa shape index (κ2) is 5.38. The average Bonchev–Trinajstić information content (AvgIpc) is 3.04. The molecular weight excluding hydrogens is 194 g/mol. The SMILES string of the molecule is OCC(CNC1CC1)C1CCSCC1. The molecule has 1 saturated heterocycles. The summed E-state index contributed by atoms with van der Waals surface area (Å²) in [5.41, 5.74) is 0. The van der Waals surface area contributed by atoms with Crippen molar-refractivity contribution in [3.63, 3.8) is 0 Å². The van der Waals surface area contributed by atoms with Gasteiger partial charge in [0.1, 0.15) is 0 Å². The zero-order valence-electron chi connectivity index (χ0n) is 8.74. The lowest BCUT2D eigenvalue weighted by Gasteiger charge is -2.29. The van der Waals surface area contributed by atoms with E-state index in [2.05, 4.69) is 17.1 Å². The van der Waals surface area contributed by atoms with Crippen LogP contribution >= 0.6 is 11.8 Å². The molecule has 1 saturated carbocycles. The monoisotopic (exact) mass is 215 g/mol. The minimum Gasteiger partial charge on any atom is -0.396 e. The van der Waals surface area contributed by atoms with Gasteiger partial charge < -0.3 is 10.4 Å². The zero-order chi connectivity index (χ0) is 9.80. The van der Waals surface area contributed by atoms with Gasteiger partial charge in [-0.2, -0.15) is 11.8 Å². The third-order valence-corrected chi connectivity index (χ3v) is 4.46. The highest BCUT2D eigenvalue weighted by Crippen LogP contribution is 2.29. The van der Waals surface area contributed by atoms with E-state index >= 15 is 0 Å². The van der Waals surface area contributed by atoms with E-state index in [-0.39, 0.29) is 0 Å². The summed E-state index contributed by atoms with van der Waals surface area (Å²) < 4.78 is 0. The summed E-state index contributed by atoms with van der Waals surface area (Å²) in [7, 11) is 0. The summed E-state index contributed by atoms with van der Waals surface area (Å²) in [4.78, 5) is 0. The minimum atomic E-state index is 0.370. The van der Waals surface area contributed by atoms with E-state index in [4.69, 9.17) is 0 Å². The first-order valence-electron chi connectivity index (χ1n) is 5.82. The lowest BCUT2D eigenvalue weighted by Crippen LogP contribution is -2.33. The highest BCUT2D eigenvalue weighted by molar-refractivity contribution is 7.99. The number of aliphatic hydroxyl groups excluding tert-OH is 1. The van der Waals surface area contributed by atoms with Crippen LogP contribution in [0.15, 0.2) is 0 Å². The highest BCUT2D eigenvalue weighted by atomic mass is 32.2. The minimum absolute atomic E-state index is 0.370. The third-order valence-electron chi connectivity index (χ3n) is 3.41. The lowest BCUT2D eigenvalue weighted by molar-refractivity contribution is 0.165. The molecule has 1 heterocycles. The molecule has 0 radical (unpaired) electrons. The van der Waals surface area contributed by atoms with E-state index in [9.17, 15) is 5.11 Å². The van der Waals surface area contributed by atoms with Crippen molar-refractivity contribution in [1.29, 1.82) is 0 Å². The largest absolute Gasteiger partial charge is 0.396 e. The van der Waals surface area contributed by atoms with Gasteiger partial charge in [0.05, 0.1) is 0 Å². The topological polar surface area (TPSA) is 32.3 Å². The van der Waals surface area contributed by atoms with Gasteiger partial charge in [-0.25, -0.2) is 0 Å². The van der Waals surface area contributed by atoms with Gasteiger partial charge in [0.15, 0.2) is 0 Å². The third kappa shape index (κ3) is 3.14. The number of aliphatic hydroxyl groups is 1. The maximum absolute atomic E-state index is 9.36. The molecular formula is C11H21NOS. The molecule has 0 spiro atoms. The van der Waals surface area contributed by atoms with Gasteiger partial charge in [0, 0.05) is 19.2 Å². The Kier molecular flexibility index (Phi) is 4.14. The summed E-state index contributed by atoms with van der Waals surface area (Å²) in [5.74, 6) is 3.87. The second-order valence-corrected chi connectivity index (χ2v) is 5.80. The number of rotatable bonds is 5. The van der Waals surface area contributed by atoms with Crippen LogP contribution in [-0.4, -0.2) is 35.8 Å². The molecule has 1 aliphatic heterocycles. The molecule has 2 aliphatic rings. The molecule has 2 fully saturated rings. The van der Waals surface area contributed by atoms with Crippen molar-refractivity contribution >= 4 is 11.8 Å². The molecule has 82 valence electrons. The Bertz CT molecular complexity index is 167. The Morgan fingerprint density at radius 2 is 1.93 bits per heavy atom. The molecule has 0 aromatic rings. The van der Waals surface area contributed by atoms with E-state index in [1.54, 1.807) is 0 Å². The Morgan fingerprint density at radius 1 is 1.21 bits per heavy atom. The van der Waals surface area contributed by atoms with Crippen LogP contribution in [0.3, 0.4) is 0 Å². The predicted molar refractivity (Wildman–Crippen MR) is 61.6 cm³/mol. The van der Waals surface area contributed by atoms with Gasteiger partial charge >= 0.3 is 0 Å². The van der Waals surface area contributed by atoms with E-state index in [0.29, 0.717) is 12.5 Å². The lowest BCUT2D eigenvalue weighted by atomic mass is 9.88. The van der Waals surface area contributed by atoms with E-state index in [1.807, 2.05) is 0 Å². The molecule has 2 N–H and O–H groups in total. The van der Waals surface area contributed by atoms with Crippen LogP contribution in [-0.2, 0) is 0 Å². The van der Waals surface area contributed by atoms with Crippen molar-refractivity contribution in [3.05, 3.63) is 0 Å². The molecule has 1 aliphatic carbocycles. The quantitative estimate of drug-likeness (QED) is 0.729. The van der Waals surface area contributed by atoms with Gasteiger partial charge in [-0.3, -0.25) is 0 Å². The summed E-state index contributed by atoms with van der Waals surface area (Å²) in [6.45, 7) is 1.41. The predicted octanol–water partition coefficient (Wildman–Crippen LogP) is 1.49. The molecule has 1 unspecified atom stereocenters. The highest BCUT2D eigenvalue weighted by Gasteiger charge is 2.26. The van der Waals surface area contributed by atoms with Gasteiger partial charge in [-0.05, 0) is 49.0 Å². The van der Waals surface area contributed by atoms with Crippen LogP contribution in [0, 0.1) is 11.8 Å². The first-order chi connectivity index (χ1) is 6.90. The Morgan fingerprint density at radius 3 is 2.50 bits per heavy atom. The van der Waals surface area contributed by atoms with Crippen LogP contribution in [0.5, 0.6) is 0 Å². The first-order valence-corrected chi connectivity index (χ1v) is 6.97. The second-order valence-electron chi connectivity index (χ2n) is 4.57. The summed E-state index contributed by atoms with van der Waals surface area (Å²) >= 11 is 2.06. The Balaban J connectivity index is 1.71. The molecule has 0 bridgehead atoms. The van der Waals surface area contributed by atoms with E-state index < -0.39 is 0 Å². The summed E-state index contributed by atoms with van der Waals surface area (Å²) in [6, 6.07) is 0.780. The molecule has 14 heavy (non-hydrogen) atoms. The van der Waals surface area contributed by atoms with Gasteiger partial charge in [-0.15, -0.1) is 0 Å². The summed E-state index contributed by atoms with van der Waals surface area (Å²) in [6.07, 6.45) is 5.31. The molecule has 2 rings (SSSR count). The van der Waals surface area contributed by atoms with Crippen LogP contribution in [0.2, 0.25) is 0 Å². The van der Waals surface area contributed by atoms with Crippen LogP contribution in [0.1, 0.15) is 25.7 Å². The Hall–Kier alpha value is 0.270. The van der Waals surface area contributed by atoms with E-state index in [1.165, 1.54) is 37.2 Å². The maximum atomic E-state index is 9.36. The molecule has 0 amide bonds. The smallest absolute Gasteiger partial charge is 0.0474 e. The molecule has 3 heteroatoms. The molecule has 1 atom stereocenters. The average molecular weight is 215 g/mol. The number of hydrogen-bond acceptors (Lipinski definition) is 3. The summed E-state index contributed by atoms with van der Waals surface area (Å²) in [5, 5.41) is 12.9. The number of thioether (sulfide) groups is 1. The molecule has 0 aromatic carbocycles. The van der Waals surface area contributed by atoms with Crippen molar-refractivity contribution in [2.75, 3.05) is 24.7 Å². The molecule has 0 aromatic heterocycles. The number of nitrogens with one attached hydrogen (secondary N) is 1.